The third-order valence-corrected chi connectivity index (χ3v) is 1.98. The van der Waals surface area contributed by atoms with Gasteiger partial charge in [-0.3, -0.25) is 0 Å². The Morgan fingerprint density at radius 1 is 0.769 bits per heavy atom. The normalized spacial score (nSPS) is 18.6. The molecule has 76 valence electrons. The van der Waals surface area contributed by atoms with Gasteiger partial charge in [-0.15, -0.1) is 0 Å². The fourth-order valence-electron chi connectivity index (χ4n) is 1.39. The van der Waals surface area contributed by atoms with Crippen LogP contribution < -0.4 is 0 Å². The van der Waals surface area contributed by atoms with Crippen molar-refractivity contribution >= 4 is 0 Å². The predicted molar refractivity (Wildman–Crippen MR) is 53.0 cm³/mol. The van der Waals surface area contributed by atoms with E-state index in [1.807, 2.05) is 0 Å². The lowest BCUT2D eigenvalue weighted by atomic mass is 9.85. The highest BCUT2D eigenvalue weighted by Crippen LogP contribution is 2.40. The Morgan fingerprint density at radius 3 is 1.31 bits per heavy atom. The monoisotopic (exact) mass is 184 g/mol. The average Bonchev–Trinajstić information content (AvgIpc) is 2.27. The summed E-state index contributed by atoms with van der Waals surface area (Å²) in [6, 6.07) is 0. The highest BCUT2D eigenvalue weighted by Gasteiger charge is 2.34. The fourth-order valence-corrected chi connectivity index (χ4v) is 1.39. The van der Waals surface area contributed by atoms with Crippen LogP contribution in [0.5, 0.6) is 0 Å². The number of rotatable bonds is 0. The molecule has 0 amide bonds. The highest BCUT2D eigenvalue weighted by molar-refractivity contribution is 5.16. The summed E-state index contributed by atoms with van der Waals surface area (Å²) in [5, 5.41) is 0. The van der Waals surface area contributed by atoms with E-state index >= 15 is 0 Å². The summed E-state index contributed by atoms with van der Waals surface area (Å²) < 4.78 is 11.0. The minimum absolute atomic E-state index is 0.0408. The summed E-state index contributed by atoms with van der Waals surface area (Å²) in [4.78, 5) is 0. The van der Waals surface area contributed by atoms with Crippen LogP contribution in [-0.2, 0) is 9.47 Å². The van der Waals surface area contributed by atoms with E-state index in [-0.39, 0.29) is 10.8 Å². The molecule has 13 heavy (non-hydrogen) atoms. The largest absolute Gasteiger partial charge is 0.458 e. The molecular weight excluding hydrogens is 164 g/mol. The fraction of sp³-hybridized carbons (Fsp3) is 0.818. The Morgan fingerprint density at radius 2 is 1.08 bits per heavy atom. The molecule has 0 saturated carbocycles. The molecule has 0 radical (unpaired) electrons. The van der Waals surface area contributed by atoms with Crippen LogP contribution in [0.3, 0.4) is 0 Å². The van der Waals surface area contributed by atoms with Gasteiger partial charge in [0.1, 0.15) is 11.5 Å². The van der Waals surface area contributed by atoms with Gasteiger partial charge in [0, 0.05) is 10.8 Å². The zero-order chi connectivity index (χ0) is 10.3. The molecule has 2 heteroatoms. The second kappa shape index (κ2) is 2.93. The van der Waals surface area contributed by atoms with Gasteiger partial charge >= 0.3 is 0 Å². The van der Waals surface area contributed by atoms with Crippen LogP contribution in [-0.4, -0.2) is 6.79 Å². The summed E-state index contributed by atoms with van der Waals surface area (Å²) in [6.45, 7) is 13.2. The van der Waals surface area contributed by atoms with Gasteiger partial charge in [0.05, 0.1) is 0 Å². The topological polar surface area (TPSA) is 18.5 Å². The molecule has 0 spiro atoms. The van der Waals surface area contributed by atoms with E-state index in [9.17, 15) is 0 Å². The van der Waals surface area contributed by atoms with Crippen molar-refractivity contribution in [3.63, 3.8) is 0 Å². The van der Waals surface area contributed by atoms with Gasteiger partial charge in [0.2, 0.25) is 6.79 Å². The van der Waals surface area contributed by atoms with Gasteiger partial charge in [-0.05, 0) is 0 Å². The molecule has 0 saturated heterocycles. The van der Waals surface area contributed by atoms with Crippen LogP contribution in [0, 0.1) is 10.8 Å². The molecule has 0 N–H and O–H groups in total. The van der Waals surface area contributed by atoms with Gasteiger partial charge in [0.15, 0.2) is 0 Å². The average molecular weight is 184 g/mol. The number of hydrogen-bond donors (Lipinski definition) is 0. The van der Waals surface area contributed by atoms with Gasteiger partial charge in [-0.2, -0.15) is 0 Å². The van der Waals surface area contributed by atoms with E-state index in [0.717, 1.165) is 11.5 Å². The molecule has 0 aromatic carbocycles. The standard InChI is InChI=1S/C11H20O2/c1-10(2,3)8-9(11(4,5)6)13-7-12-8/h7H2,1-6H3. The molecule has 0 unspecified atom stereocenters. The smallest absolute Gasteiger partial charge is 0.230 e. The lowest BCUT2D eigenvalue weighted by Gasteiger charge is -2.24. The van der Waals surface area contributed by atoms with Crippen LogP contribution in [0.25, 0.3) is 0 Å². The molecule has 0 aromatic rings. The van der Waals surface area contributed by atoms with E-state index in [2.05, 4.69) is 41.5 Å². The SMILES string of the molecule is CC(C)(C)C1=C(C(C)(C)C)OCO1. The zero-order valence-corrected chi connectivity index (χ0v) is 9.52. The predicted octanol–water partition coefficient (Wildman–Crippen LogP) is 3.29. The lowest BCUT2D eigenvalue weighted by molar-refractivity contribution is 0.0458. The van der Waals surface area contributed by atoms with Gasteiger partial charge in [-0.1, -0.05) is 41.5 Å². The minimum Gasteiger partial charge on any atom is -0.458 e. The van der Waals surface area contributed by atoms with Crippen molar-refractivity contribution in [2.45, 2.75) is 41.5 Å². The van der Waals surface area contributed by atoms with E-state index in [4.69, 9.17) is 9.47 Å². The maximum absolute atomic E-state index is 5.51. The third-order valence-electron chi connectivity index (χ3n) is 1.98. The molecule has 0 aliphatic carbocycles. The second-order valence-corrected chi connectivity index (χ2v) is 5.56. The number of ether oxygens (including phenoxy) is 2. The quantitative estimate of drug-likeness (QED) is 0.575. The van der Waals surface area contributed by atoms with Crippen LogP contribution in [0.4, 0.5) is 0 Å². The highest BCUT2D eigenvalue weighted by atomic mass is 16.7. The van der Waals surface area contributed by atoms with Crippen molar-refractivity contribution < 1.29 is 9.47 Å². The van der Waals surface area contributed by atoms with Crippen LogP contribution in [0.15, 0.2) is 11.5 Å². The summed E-state index contributed by atoms with van der Waals surface area (Å²) in [6.07, 6.45) is 0. The minimum atomic E-state index is 0.0408. The maximum Gasteiger partial charge on any atom is 0.230 e. The number of hydrogen-bond acceptors (Lipinski definition) is 2. The molecule has 0 bridgehead atoms. The number of allylic oxidation sites excluding steroid dienone is 2. The van der Waals surface area contributed by atoms with Crippen molar-refractivity contribution in [1.29, 1.82) is 0 Å². The first-order valence-corrected chi connectivity index (χ1v) is 4.74. The summed E-state index contributed by atoms with van der Waals surface area (Å²) in [5.74, 6) is 2.00. The molecule has 1 rings (SSSR count). The van der Waals surface area contributed by atoms with Crippen molar-refractivity contribution in [2.75, 3.05) is 6.79 Å². The van der Waals surface area contributed by atoms with Crippen LogP contribution in [0.1, 0.15) is 41.5 Å². The van der Waals surface area contributed by atoms with Crippen molar-refractivity contribution in [1.82, 2.24) is 0 Å². The first-order valence-electron chi connectivity index (χ1n) is 4.74. The van der Waals surface area contributed by atoms with Crippen molar-refractivity contribution in [3.8, 4) is 0 Å². The van der Waals surface area contributed by atoms with Gasteiger partial charge < -0.3 is 9.47 Å². The summed E-state index contributed by atoms with van der Waals surface area (Å²) >= 11 is 0. The Hall–Kier alpha value is -0.660. The molecule has 1 aliphatic heterocycles. The van der Waals surface area contributed by atoms with E-state index in [1.165, 1.54) is 0 Å². The van der Waals surface area contributed by atoms with Crippen molar-refractivity contribution in [3.05, 3.63) is 11.5 Å². The van der Waals surface area contributed by atoms with E-state index in [0.29, 0.717) is 6.79 Å². The molecule has 0 fully saturated rings. The lowest BCUT2D eigenvalue weighted by Crippen LogP contribution is -2.17. The van der Waals surface area contributed by atoms with E-state index < -0.39 is 0 Å². The third kappa shape index (κ3) is 2.17. The molecule has 0 atom stereocenters. The van der Waals surface area contributed by atoms with E-state index in [1.54, 1.807) is 0 Å². The summed E-state index contributed by atoms with van der Waals surface area (Å²) in [7, 11) is 0. The first kappa shape index (κ1) is 10.4. The molecule has 1 heterocycles. The van der Waals surface area contributed by atoms with Crippen molar-refractivity contribution in [2.24, 2.45) is 10.8 Å². The Labute approximate surface area is 80.9 Å². The van der Waals surface area contributed by atoms with Gasteiger partial charge in [-0.25, -0.2) is 0 Å². The molecule has 2 nitrogen and oxygen atoms in total. The van der Waals surface area contributed by atoms with Gasteiger partial charge in [0.25, 0.3) is 0 Å². The Bertz CT molecular complexity index is 201. The first-order chi connectivity index (χ1) is 5.73. The van der Waals surface area contributed by atoms with Crippen LogP contribution >= 0.6 is 0 Å². The molecule has 0 aromatic heterocycles. The summed E-state index contributed by atoms with van der Waals surface area (Å²) in [5.41, 5.74) is 0.0816. The molecular formula is C11H20O2. The zero-order valence-electron chi connectivity index (χ0n) is 9.52. The maximum atomic E-state index is 5.51. The van der Waals surface area contributed by atoms with Crippen LogP contribution in [0.2, 0.25) is 0 Å². The Kier molecular flexibility index (Phi) is 2.35. The second-order valence-electron chi connectivity index (χ2n) is 5.56. The molecule has 1 aliphatic rings. The Balaban J connectivity index is 3.04.